The Labute approximate surface area is 211 Å². The Morgan fingerprint density at radius 2 is 1.46 bits per heavy atom. The summed E-state index contributed by atoms with van der Waals surface area (Å²) in [6.45, 7) is 0. The fourth-order valence-electron chi connectivity index (χ4n) is 5.01. The molecule has 7 rings (SSSR count). The second kappa shape index (κ2) is 8.38. The molecule has 1 nitrogen and oxygen atoms in total. The van der Waals surface area contributed by atoms with Gasteiger partial charge in [-0.25, -0.2) is 0 Å². The van der Waals surface area contributed by atoms with Gasteiger partial charge in [-0.15, -0.1) is 22.7 Å². The van der Waals surface area contributed by atoms with Crippen molar-refractivity contribution in [3.63, 3.8) is 0 Å². The van der Waals surface area contributed by atoms with Gasteiger partial charge in [0, 0.05) is 20.5 Å². The van der Waals surface area contributed by atoms with E-state index in [0.29, 0.717) is 0 Å². The van der Waals surface area contributed by atoms with Crippen molar-refractivity contribution >= 4 is 43.5 Å². The van der Waals surface area contributed by atoms with Crippen molar-refractivity contribution in [2.45, 2.75) is 0 Å². The molecule has 3 aromatic heterocycles. The summed E-state index contributed by atoms with van der Waals surface area (Å²) < 4.78 is 7.33. The Bertz CT molecular complexity index is 1770. The summed E-state index contributed by atoms with van der Waals surface area (Å²) in [5.74, 6) is 0.909. The van der Waals surface area contributed by atoms with Gasteiger partial charge in [0.05, 0.1) is 11.1 Å². The molecule has 0 aliphatic rings. The van der Waals surface area contributed by atoms with Crippen molar-refractivity contribution in [1.29, 1.82) is 0 Å². The van der Waals surface area contributed by atoms with Gasteiger partial charge in [0.25, 0.3) is 0 Å². The highest BCUT2D eigenvalue weighted by Gasteiger charge is 2.24. The standard InChI is InChI=1S/C32H20OS2/c1-2-9-22(10-3-1)24-17-18-27-31(29(24)25-14-6-12-21-11-4-5-13-23(21)25)30(26-15-7-19-33-26)32(35-27)28-16-8-20-34-28/h1-20H. The van der Waals surface area contributed by atoms with Gasteiger partial charge in [0.1, 0.15) is 5.76 Å². The van der Waals surface area contributed by atoms with Crippen LogP contribution in [-0.4, -0.2) is 0 Å². The number of furan rings is 1. The number of hydrogen-bond acceptors (Lipinski definition) is 3. The quantitative estimate of drug-likeness (QED) is 0.242. The Morgan fingerprint density at radius 1 is 0.600 bits per heavy atom. The summed E-state index contributed by atoms with van der Waals surface area (Å²) in [5.41, 5.74) is 6.13. The monoisotopic (exact) mass is 484 g/mol. The van der Waals surface area contributed by atoms with E-state index in [1.165, 1.54) is 58.4 Å². The molecule has 0 fully saturated rings. The van der Waals surface area contributed by atoms with Gasteiger partial charge in [-0.2, -0.15) is 0 Å². The summed E-state index contributed by atoms with van der Waals surface area (Å²) in [6, 6.07) is 39.0. The molecule has 3 heteroatoms. The number of fused-ring (bicyclic) bond motifs is 2. The first-order valence-electron chi connectivity index (χ1n) is 11.6. The highest BCUT2D eigenvalue weighted by molar-refractivity contribution is 7.26. The smallest absolute Gasteiger partial charge is 0.136 e. The van der Waals surface area contributed by atoms with Gasteiger partial charge in [-0.1, -0.05) is 84.9 Å². The fraction of sp³-hybridized carbons (Fsp3) is 0. The fourth-order valence-corrected chi connectivity index (χ4v) is 7.08. The largest absolute Gasteiger partial charge is 0.464 e. The zero-order chi connectivity index (χ0) is 23.2. The average molecular weight is 485 g/mol. The molecule has 4 aromatic carbocycles. The van der Waals surface area contributed by atoms with Crippen LogP contribution in [0.5, 0.6) is 0 Å². The molecule has 0 aliphatic heterocycles. The maximum absolute atomic E-state index is 6.06. The SMILES string of the molecule is c1ccc(-c2ccc3sc(-c4cccs4)c(-c4ccco4)c3c2-c2cccc3ccccc23)cc1. The second-order valence-corrected chi connectivity index (χ2v) is 10.5. The van der Waals surface area contributed by atoms with Gasteiger partial charge in [0.2, 0.25) is 0 Å². The molecule has 0 saturated heterocycles. The molecule has 0 atom stereocenters. The van der Waals surface area contributed by atoms with Crippen LogP contribution in [0.2, 0.25) is 0 Å². The Morgan fingerprint density at radius 3 is 2.29 bits per heavy atom. The summed E-state index contributed by atoms with van der Waals surface area (Å²) in [6.07, 6.45) is 1.77. The average Bonchev–Trinajstić information content (AvgIpc) is 3.69. The number of rotatable bonds is 4. The van der Waals surface area contributed by atoms with E-state index in [1.807, 2.05) is 17.4 Å². The molecular weight excluding hydrogens is 464 g/mol. The maximum Gasteiger partial charge on any atom is 0.136 e. The molecule has 0 spiro atoms. The van der Waals surface area contributed by atoms with Crippen LogP contribution >= 0.6 is 22.7 Å². The Balaban J connectivity index is 1.69. The van der Waals surface area contributed by atoms with Gasteiger partial charge >= 0.3 is 0 Å². The van der Waals surface area contributed by atoms with Gasteiger partial charge < -0.3 is 4.42 Å². The molecule has 0 amide bonds. The Hall–Kier alpha value is -3.92. The lowest BCUT2D eigenvalue weighted by Gasteiger charge is -2.16. The lowest BCUT2D eigenvalue weighted by molar-refractivity contribution is 0.583. The predicted octanol–water partition coefficient (Wildman–Crippen LogP) is 10.4. The second-order valence-electron chi connectivity index (χ2n) is 8.51. The van der Waals surface area contributed by atoms with Crippen molar-refractivity contribution in [2.24, 2.45) is 0 Å². The van der Waals surface area contributed by atoms with Crippen LogP contribution in [0.25, 0.3) is 64.2 Å². The summed E-state index contributed by atoms with van der Waals surface area (Å²) >= 11 is 3.62. The molecule has 0 N–H and O–H groups in total. The van der Waals surface area contributed by atoms with E-state index in [4.69, 9.17) is 4.42 Å². The molecule has 35 heavy (non-hydrogen) atoms. The minimum atomic E-state index is 0.909. The Kier molecular flexibility index (Phi) is 4.90. The molecule has 0 radical (unpaired) electrons. The lowest BCUT2D eigenvalue weighted by Crippen LogP contribution is -1.89. The topological polar surface area (TPSA) is 13.1 Å². The summed E-state index contributed by atoms with van der Waals surface area (Å²) in [7, 11) is 0. The van der Waals surface area contributed by atoms with Crippen LogP contribution in [-0.2, 0) is 0 Å². The first kappa shape index (κ1) is 20.5. The molecule has 0 aliphatic carbocycles. The molecule has 3 heterocycles. The van der Waals surface area contributed by atoms with Crippen LogP contribution in [0.3, 0.4) is 0 Å². The first-order valence-corrected chi connectivity index (χ1v) is 13.3. The van der Waals surface area contributed by atoms with Crippen molar-refractivity contribution < 1.29 is 4.42 Å². The van der Waals surface area contributed by atoms with Crippen LogP contribution in [0.15, 0.2) is 125 Å². The predicted molar refractivity (Wildman–Crippen MR) is 151 cm³/mol. The molecule has 166 valence electrons. The highest BCUT2D eigenvalue weighted by Crippen LogP contribution is 2.52. The minimum Gasteiger partial charge on any atom is -0.464 e. The maximum atomic E-state index is 6.06. The van der Waals surface area contributed by atoms with Crippen LogP contribution in [0.1, 0.15) is 0 Å². The minimum absolute atomic E-state index is 0.909. The van der Waals surface area contributed by atoms with Gasteiger partial charge in [-0.3, -0.25) is 0 Å². The number of hydrogen-bond donors (Lipinski definition) is 0. The van der Waals surface area contributed by atoms with E-state index in [-0.39, 0.29) is 0 Å². The molecular formula is C32H20OS2. The summed E-state index contributed by atoms with van der Waals surface area (Å²) in [5, 5.41) is 5.90. The third-order valence-corrected chi connectivity index (χ3v) is 8.72. The van der Waals surface area contributed by atoms with E-state index < -0.39 is 0 Å². The third kappa shape index (κ3) is 3.35. The molecule has 0 unspecified atom stereocenters. The van der Waals surface area contributed by atoms with Crippen LogP contribution in [0, 0.1) is 0 Å². The van der Waals surface area contributed by atoms with E-state index in [2.05, 4.69) is 109 Å². The number of benzene rings is 4. The van der Waals surface area contributed by atoms with Gasteiger partial charge in [-0.05, 0) is 62.7 Å². The van der Waals surface area contributed by atoms with Crippen LogP contribution in [0.4, 0.5) is 0 Å². The normalized spacial score (nSPS) is 11.4. The number of thiophene rings is 2. The van der Waals surface area contributed by atoms with Crippen molar-refractivity contribution in [3.05, 3.63) is 121 Å². The van der Waals surface area contributed by atoms with Crippen molar-refractivity contribution in [1.82, 2.24) is 0 Å². The first-order chi connectivity index (χ1) is 17.4. The van der Waals surface area contributed by atoms with Crippen molar-refractivity contribution in [3.8, 4) is 43.3 Å². The van der Waals surface area contributed by atoms with Crippen LogP contribution < -0.4 is 0 Å². The van der Waals surface area contributed by atoms with E-state index >= 15 is 0 Å². The highest BCUT2D eigenvalue weighted by atomic mass is 32.1. The third-order valence-electron chi connectivity index (χ3n) is 6.51. The molecule has 7 aromatic rings. The van der Waals surface area contributed by atoms with Gasteiger partial charge in [0.15, 0.2) is 0 Å². The summed E-state index contributed by atoms with van der Waals surface area (Å²) in [4.78, 5) is 2.53. The van der Waals surface area contributed by atoms with E-state index in [1.54, 1.807) is 17.6 Å². The lowest BCUT2D eigenvalue weighted by atomic mass is 9.87. The molecule has 0 bridgehead atoms. The zero-order valence-corrected chi connectivity index (χ0v) is 20.4. The van der Waals surface area contributed by atoms with Crippen molar-refractivity contribution in [2.75, 3.05) is 0 Å². The van der Waals surface area contributed by atoms with E-state index in [9.17, 15) is 0 Å². The zero-order valence-electron chi connectivity index (χ0n) is 18.8. The molecule has 0 saturated carbocycles. The van der Waals surface area contributed by atoms with E-state index in [0.717, 1.165) is 5.76 Å².